The third-order valence-electron chi connectivity index (χ3n) is 5.33. The summed E-state index contributed by atoms with van der Waals surface area (Å²) in [5, 5.41) is 18.7. The SMILES string of the molecule is C/C=N\c1cc(C2CCCNC2)ccc1Nc1cc(C)c(C(=O)NCC(F)(F)F)c(O)c1. The third kappa shape index (κ3) is 6.00. The minimum absolute atomic E-state index is 0.188. The van der Waals surface area contributed by atoms with E-state index < -0.39 is 24.4 Å². The van der Waals surface area contributed by atoms with E-state index in [9.17, 15) is 23.1 Å². The second-order valence-electron chi connectivity index (χ2n) is 7.82. The molecule has 1 fully saturated rings. The first-order chi connectivity index (χ1) is 15.2. The van der Waals surface area contributed by atoms with Crippen LogP contribution in [0.15, 0.2) is 35.3 Å². The number of aromatic hydroxyl groups is 1. The molecule has 1 aliphatic heterocycles. The zero-order chi connectivity index (χ0) is 23.3. The second kappa shape index (κ2) is 10.0. The van der Waals surface area contributed by atoms with E-state index in [0.29, 0.717) is 22.9 Å². The number of hydrogen-bond donors (Lipinski definition) is 4. The van der Waals surface area contributed by atoms with Gasteiger partial charge in [-0.3, -0.25) is 9.79 Å². The summed E-state index contributed by atoms with van der Waals surface area (Å²) in [4.78, 5) is 16.6. The number of carbonyl (C=O) groups is 1. The van der Waals surface area contributed by atoms with Gasteiger partial charge >= 0.3 is 6.18 Å². The first kappa shape index (κ1) is 23.6. The molecule has 1 unspecified atom stereocenters. The number of aliphatic imine (C=N–C) groups is 1. The van der Waals surface area contributed by atoms with Gasteiger partial charge in [0.25, 0.3) is 5.91 Å². The van der Waals surface area contributed by atoms with Crippen molar-refractivity contribution in [2.75, 3.05) is 25.0 Å². The molecule has 1 amide bonds. The van der Waals surface area contributed by atoms with E-state index in [0.717, 1.165) is 31.6 Å². The Hall–Kier alpha value is -3.07. The van der Waals surface area contributed by atoms with Crippen molar-refractivity contribution in [2.45, 2.75) is 38.8 Å². The molecule has 0 spiro atoms. The number of phenols is 1. The fourth-order valence-electron chi connectivity index (χ4n) is 3.85. The van der Waals surface area contributed by atoms with Gasteiger partial charge in [-0.25, -0.2) is 0 Å². The highest BCUT2D eigenvalue weighted by Gasteiger charge is 2.29. The predicted molar refractivity (Wildman–Crippen MR) is 120 cm³/mol. The fourth-order valence-corrected chi connectivity index (χ4v) is 3.85. The minimum Gasteiger partial charge on any atom is -0.507 e. The number of hydrogen-bond acceptors (Lipinski definition) is 5. The summed E-state index contributed by atoms with van der Waals surface area (Å²) in [6, 6.07) is 8.91. The Morgan fingerprint density at radius 1 is 1.31 bits per heavy atom. The molecule has 4 N–H and O–H groups in total. The monoisotopic (exact) mass is 448 g/mol. The third-order valence-corrected chi connectivity index (χ3v) is 5.33. The number of halogens is 3. The highest BCUT2D eigenvalue weighted by atomic mass is 19.4. The molecule has 0 aliphatic carbocycles. The van der Waals surface area contributed by atoms with E-state index in [1.54, 1.807) is 24.5 Å². The summed E-state index contributed by atoms with van der Waals surface area (Å²) >= 11 is 0. The molecule has 0 radical (unpaired) electrons. The van der Waals surface area contributed by atoms with Crippen molar-refractivity contribution in [3.63, 3.8) is 0 Å². The van der Waals surface area contributed by atoms with E-state index in [-0.39, 0.29) is 5.56 Å². The van der Waals surface area contributed by atoms with Gasteiger partial charge in [0, 0.05) is 24.5 Å². The van der Waals surface area contributed by atoms with Crippen LogP contribution < -0.4 is 16.0 Å². The number of phenolic OH excluding ortho intramolecular Hbond substituents is 1. The van der Waals surface area contributed by atoms with Gasteiger partial charge < -0.3 is 21.1 Å². The van der Waals surface area contributed by atoms with Gasteiger partial charge in [-0.2, -0.15) is 13.2 Å². The van der Waals surface area contributed by atoms with Crippen LogP contribution in [0.5, 0.6) is 5.75 Å². The number of rotatable bonds is 6. The summed E-state index contributed by atoms with van der Waals surface area (Å²) in [5.74, 6) is -0.965. The van der Waals surface area contributed by atoms with Crippen molar-refractivity contribution in [2.24, 2.45) is 4.99 Å². The summed E-state index contributed by atoms with van der Waals surface area (Å²) in [6.45, 7) is 3.86. The van der Waals surface area contributed by atoms with Crippen molar-refractivity contribution in [1.29, 1.82) is 0 Å². The van der Waals surface area contributed by atoms with Crippen LogP contribution in [0.1, 0.15) is 47.2 Å². The molecule has 1 aliphatic rings. The Bertz CT molecular complexity index is 976. The molecule has 0 aromatic heterocycles. The van der Waals surface area contributed by atoms with Crippen molar-refractivity contribution < 1.29 is 23.1 Å². The molecule has 0 bridgehead atoms. The van der Waals surface area contributed by atoms with Crippen molar-refractivity contribution >= 4 is 29.2 Å². The maximum Gasteiger partial charge on any atom is 0.405 e. The zero-order valence-corrected chi connectivity index (χ0v) is 18.0. The van der Waals surface area contributed by atoms with Crippen molar-refractivity contribution in [3.8, 4) is 5.75 Å². The molecule has 3 rings (SSSR count). The first-order valence-corrected chi connectivity index (χ1v) is 10.5. The summed E-state index contributed by atoms with van der Waals surface area (Å²) in [6.07, 6.45) is -0.602. The zero-order valence-electron chi connectivity index (χ0n) is 18.0. The van der Waals surface area contributed by atoms with E-state index in [2.05, 4.69) is 15.6 Å². The number of nitrogens with zero attached hydrogens (tertiary/aromatic N) is 1. The van der Waals surface area contributed by atoms with Gasteiger partial charge in [0.05, 0.1) is 16.9 Å². The van der Waals surface area contributed by atoms with Crippen LogP contribution in [0.4, 0.5) is 30.2 Å². The number of nitrogens with one attached hydrogen (secondary N) is 3. The second-order valence-corrected chi connectivity index (χ2v) is 7.82. The van der Waals surface area contributed by atoms with Crippen LogP contribution in [0.3, 0.4) is 0 Å². The Morgan fingerprint density at radius 2 is 2.09 bits per heavy atom. The van der Waals surface area contributed by atoms with Crippen LogP contribution >= 0.6 is 0 Å². The lowest BCUT2D eigenvalue weighted by molar-refractivity contribution is -0.123. The number of piperidine rings is 1. The highest BCUT2D eigenvalue weighted by molar-refractivity contribution is 5.99. The van der Waals surface area contributed by atoms with E-state index in [4.69, 9.17) is 0 Å². The van der Waals surface area contributed by atoms with Gasteiger partial charge in [-0.1, -0.05) is 6.07 Å². The minimum atomic E-state index is -4.53. The lowest BCUT2D eigenvalue weighted by Gasteiger charge is -2.24. The Labute approximate surface area is 184 Å². The molecular weight excluding hydrogens is 421 g/mol. The number of amides is 1. The summed E-state index contributed by atoms with van der Waals surface area (Å²) in [5.41, 5.74) is 3.29. The van der Waals surface area contributed by atoms with E-state index in [1.165, 1.54) is 11.6 Å². The first-order valence-electron chi connectivity index (χ1n) is 10.5. The predicted octanol–water partition coefficient (Wildman–Crippen LogP) is 4.93. The van der Waals surface area contributed by atoms with E-state index in [1.807, 2.05) is 25.1 Å². The van der Waals surface area contributed by atoms with Crippen LogP contribution in [-0.2, 0) is 0 Å². The van der Waals surface area contributed by atoms with Gasteiger partial charge in [-0.05, 0) is 68.5 Å². The summed E-state index contributed by atoms with van der Waals surface area (Å²) in [7, 11) is 0. The average molecular weight is 448 g/mol. The maximum absolute atomic E-state index is 12.4. The molecule has 172 valence electrons. The van der Waals surface area contributed by atoms with Gasteiger partial charge in [0.15, 0.2) is 0 Å². The fraction of sp³-hybridized carbons (Fsp3) is 0.391. The number of carbonyl (C=O) groups excluding carboxylic acids is 1. The molecule has 1 atom stereocenters. The smallest absolute Gasteiger partial charge is 0.405 e. The van der Waals surface area contributed by atoms with Crippen molar-refractivity contribution in [3.05, 3.63) is 47.0 Å². The lowest BCUT2D eigenvalue weighted by atomic mass is 9.91. The number of aryl methyl sites for hydroxylation is 1. The topological polar surface area (TPSA) is 85.8 Å². The Kier molecular flexibility index (Phi) is 7.40. The van der Waals surface area contributed by atoms with Crippen molar-refractivity contribution in [1.82, 2.24) is 10.6 Å². The normalized spacial score (nSPS) is 16.8. The molecular formula is C23H27F3N4O2. The number of anilines is 2. The lowest BCUT2D eigenvalue weighted by Crippen LogP contribution is -2.34. The summed E-state index contributed by atoms with van der Waals surface area (Å²) < 4.78 is 37.2. The Morgan fingerprint density at radius 3 is 2.72 bits per heavy atom. The largest absolute Gasteiger partial charge is 0.507 e. The number of alkyl halides is 3. The molecule has 9 heteroatoms. The average Bonchev–Trinajstić information content (AvgIpc) is 2.73. The van der Waals surface area contributed by atoms with Gasteiger partial charge in [0.2, 0.25) is 0 Å². The van der Waals surface area contributed by atoms with Crippen LogP contribution in [0.2, 0.25) is 0 Å². The molecule has 6 nitrogen and oxygen atoms in total. The standard InChI is InChI=1S/C23H27F3N4O2/c1-3-28-19-10-15(16-5-4-8-27-12-16)6-7-18(19)30-17-9-14(2)21(20(31)11-17)22(32)29-13-23(24,25)26/h3,6-7,9-11,16,27,30-31H,4-5,8,12-13H2,1-2H3,(H,29,32)/b28-3-. The molecule has 0 saturated carbocycles. The molecule has 32 heavy (non-hydrogen) atoms. The van der Waals surface area contributed by atoms with Crippen LogP contribution in [0.25, 0.3) is 0 Å². The van der Waals surface area contributed by atoms with Gasteiger partial charge in [-0.15, -0.1) is 0 Å². The van der Waals surface area contributed by atoms with Gasteiger partial charge in [0.1, 0.15) is 12.3 Å². The molecule has 1 saturated heterocycles. The van der Waals surface area contributed by atoms with Crippen LogP contribution in [-0.4, -0.2) is 43.0 Å². The quantitative estimate of drug-likeness (QED) is 0.473. The molecule has 2 aromatic rings. The van der Waals surface area contributed by atoms with Crippen LogP contribution in [0, 0.1) is 6.92 Å². The Balaban J connectivity index is 1.82. The number of benzene rings is 2. The maximum atomic E-state index is 12.4. The van der Waals surface area contributed by atoms with E-state index >= 15 is 0 Å². The highest BCUT2D eigenvalue weighted by Crippen LogP contribution is 2.35. The molecule has 1 heterocycles. The molecule has 2 aromatic carbocycles.